The third-order valence-electron chi connectivity index (χ3n) is 1.59. The minimum absolute atomic E-state index is 0.263. The van der Waals surface area contributed by atoms with Gasteiger partial charge in [0.15, 0.2) is 0 Å². The maximum Gasteiger partial charge on any atom is 0.128 e. The molecule has 0 aliphatic rings. The first-order valence-corrected chi connectivity index (χ1v) is 3.93. The molecule has 1 nitrogen and oxygen atoms in total. The van der Waals surface area contributed by atoms with Crippen molar-refractivity contribution in [3.8, 4) is 0 Å². The monoisotopic (exact) mass is 183 g/mol. The van der Waals surface area contributed by atoms with Crippen LogP contribution in [0.5, 0.6) is 0 Å². The lowest BCUT2D eigenvalue weighted by Crippen LogP contribution is -2.10. The molecular weight excluding hydrogens is 172 g/mol. The predicted molar refractivity (Wildman–Crippen MR) is 48.0 cm³/mol. The van der Waals surface area contributed by atoms with E-state index in [1.807, 2.05) is 0 Å². The van der Waals surface area contributed by atoms with Gasteiger partial charge in [-0.3, -0.25) is 0 Å². The Hall–Kier alpha value is -1.38. The molecule has 3 heteroatoms. The number of hydrogen-bond acceptors (Lipinski definition) is 1. The molecule has 1 N–H and O–H groups in total. The number of allylic oxidation sites excluding steroid dienone is 1. The highest BCUT2D eigenvalue weighted by atomic mass is 19.1. The molecule has 13 heavy (non-hydrogen) atoms. The number of nitrogens with one attached hydrogen (secondary N) is 1. The summed E-state index contributed by atoms with van der Waals surface area (Å²) in [6.45, 7) is 5.62. The normalized spacial score (nSPS) is 9.77. The van der Waals surface area contributed by atoms with Gasteiger partial charge in [0.1, 0.15) is 11.6 Å². The standard InChI is InChI=1S/C10H11F2N/c1-7(2)13-6-8-5-9(11)3-4-10(8)12/h3-5,13H,1,6H2,2H3. The van der Waals surface area contributed by atoms with Gasteiger partial charge in [-0.25, -0.2) is 8.78 Å². The Morgan fingerprint density at radius 3 is 2.77 bits per heavy atom. The molecule has 0 aliphatic carbocycles. The van der Waals surface area contributed by atoms with Crippen molar-refractivity contribution in [1.29, 1.82) is 0 Å². The van der Waals surface area contributed by atoms with Gasteiger partial charge >= 0.3 is 0 Å². The van der Waals surface area contributed by atoms with Crippen LogP contribution in [0.2, 0.25) is 0 Å². The van der Waals surface area contributed by atoms with Gasteiger partial charge in [0.25, 0.3) is 0 Å². The van der Waals surface area contributed by atoms with E-state index in [1.54, 1.807) is 6.92 Å². The van der Waals surface area contributed by atoms with E-state index in [9.17, 15) is 8.78 Å². The molecule has 0 saturated heterocycles. The molecule has 0 radical (unpaired) electrons. The van der Waals surface area contributed by atoms with E-state index in [4.69, 9.17) is 0 Å². The Bertz CT molecular complexity index is 321. The number of halogens is 2. The largest absolute Gasteiger partial charge is 0.385 e. The molecule has 70 valence electrons. The lowest BCUT2D eigenvalue weighted by atomic mass is 10.2. The van der Waals surface area contributed by atoms with Crippen LogP contribution in [0.4, 0.5) is 8.78 Å². The Kier molecular flexibility index (Phi) is 3.01. The molecule has 0 fully saturated rings. The predicted octanol–water partition coefficient (Wildman–Crippen LogP) is 2.59. The van der Waals surface area contributed by atoms with Gasteiger partial charge in [-0.2, -0.15) is 0 Å². The third kappa shape index (κ3) is 2.86. The summed E-state index contributed by atoms with van der Waals surface area (Å²) in [5, 5.41) is 2.83. The maximum atomic E-state index is 13.0. The quantitative estimate of drug-likeness (QED) is 0.759. The fraction of sp³-hybridized carbons (Fsp3) is 0.200. The van der Waals surface area contributed by atoms with Gasteiger partial charge in [0.2, 0.25) is 0 Å². The summed E-state index contributed by atoms with van der Waals surface area (Å²) in [4.78, 5) is 0. The second-order valence-electron chi connectivity index (χ2n) is 2.87. The van der Waals surface area contributed by atoms with Crippen molar-refractivity contribution < 1.29 is 8.78 Å². The molecule has 0 aromatic heterocycles. The van der Waals surface area contributed by atoms with E-state index in [-0.39, 0.29) is 6.54 Å². The van der Waals surface area contributed by atoms with Crippen molar-refractivity contribution >= 4 is 0 Å². The SMILES string of the molecule is C=C(C)NCc1cc(F)ccc1F. The topological polar surface area (TPSA) is 12.0 Å². The molecule has 0 heterocycles. The molecule has 0 unspecified atom stereocenters. The zero-order valence-corrected chi connectivity index (χ0v) is 7.40. The lowest BCUT2D eigenvalue weighted by molar-refractivity contribution is 0.578. The second kappa shape index (κ2) is 4.03. The van der Waals surface area contributed by atoms with Crippen molar-refractivity contribution in [1.82, 2.24) is 5.32 Å². The highest BCUT2D eigenvalue weighted by Crippen LogP contribution is 2.09. The molecule has 0 bridgehead atoms. The molecular formula is C10H11F2N. The minimum Gasteiger partial charge on any atom is -0.385 e. The van der Waals surface area contributed by atoms with Crippen LogP contribution in [-0.2, 0) is 6.54 Å². The van der Waals surface area contributed by atoms with E-state index in [2.05, 4.69) is 11.9 Å². The third-order valence-corrected chi connectivity index (χ3v) is 1.59. The van der Waals surface area contributed by atoms with Crippen LogP contribution in [0.25, 0.3) is 0 Å². The first kappa shape index (κ1) is 9.71. The Morgan fingerprint density at radius 2 is 2.15 bits per heavy atom. The molecule has 1 aromatic rings. The molecule has 0 spiro atoms. The number of hydrogen-bond donors (Lipinski definition) is 1. The van der Waals surface area contributed by atoms with Gasteiger partial charge in [0.05, 0.1) is 0 Å². The van der Waals surface area contributed by atoms with E-state index >= 15 is 0 Å². The van der Waals surface area contributed by atoms with Crippen LogP contribution < -0.4 is 5.32 Å². The van der Waals surface area contributed by atoms with Gasteiger partial charge in [-0.15, -0.1) is 0 Å². The first-order chi connectivity index (χ1) is 6.09. The lowest BCUT2D eigenvalue weighted by Gasteiger charge is -2.06. The van der Waals surface area contributed by atoms with E-state index < -0.39 is 11.6 Å². The zero-order valence-electron chi connectivity index (χ0n) is 7.40. The van der Waals surface area contributed by atoms with Crippen LogP contribution in [-0.4, -0.2) is 0 Å². The van der Waals surface area contributed by atoms with Crippen LogP contribution >= 0.6 is 0 Å². The summed E-state index contributed by atoms with van der Waals surface area (Å²) < 4.78 is 25.6. The van der Waals surface area contributed by atoms with Crippen molar-refractivity contribution in [2.45, 2.75) is 13.5 Å². The fourth-order valence-electron chi connectivity index (χ4n) is 0.925. The highest BCUT2D eigenvalue weighted by Gasteiger charge is 2.02. The van der Waals surface area contributed by atoms with E-state index in [1.165, 1.54) is 6.07 Å². The molecule has 0 saturated carbocycles. The van der Waals surface area contributed by atoms with Crippen molar-refractivity contribution in [2.24, 2.45) is 0 Å². The Morgan fingerprint density at radius 1 is 1.46 bits per heavy atom. The van der Waals surface area contributed by atoms with Crippen LogP contribution in [0.1, 0.15) is 12.5 Å². The van der Waals surface area contributed by atoms with Gasteiger partial charge in [-0.1, -0.05) is 6.58 Å². The van der Waals surface area contributed by atoms with Crippen molar-refractivity contribution in [2.75, 3.05) is 0 Å². The summed E-state index contributed by atoms with van der Waals surface area (Å²) in [5.74, 6) is -0.838. The average molecular weight is 183 g/mol. The minimum atomic E-state index is -0.431. The van der Waals surface area contributed by atoms with Crippen LogP contribution in [0, 0.1) is 11.6 Å². The van der Waals surface area contributed by atoms with Gasteiger partial charge in [-0.05, 0) is 25.1 Å². The van der Waals surface area contributed by atoms with Crippen molar-refractivity contribution in [3.63, 3.8) is 0 Å². The molecule has 1 rings (SSSR count). The summed E-state index contributed by atoms with van der Waals surface area (Å²) >= 11 is 0. The maximum absolute atomic E-state index is 13.0. The van der Waals surface area contributed by atoms with Crippen LogP contribution in [0.15, 0.2) is 30.5 Å². The Labute approximate surface area is 76.1 Å². The molecule has 0 aliphatic heterocycles. The summed E-state index contributed by atoms with van der Waals surface area (Å²) in [6.07, 6.45) is 0. The van der Waals surface area contributed by atoms with E-state index in [0.29, 0.717) is 5.56 Å². The smallest absolute Gasteiger partial charge is 0.128 e. The molecule has 1 aromatic carbocycles. The van der Waals surface area contributed by atoms with Gasteiger partial charge < -0.3 is 5.32 Å². The second-order valence-corrected chi connectivity index (χ2v) is 2.87. The highest BCUT2D eigenvalue weighted by molar-refractivity contribution is 5.19. The summed E-state index contributed by atoms with van der Waals surface area (Å²) in [5.41, 5.74) is 1.03. The summed E-state index contributed by atoms with van der Waals surface area (Å²) in [7, 11) is 0. The van der Waals surface area contributed by atoms with Gasteiger partial charge in [0, 0.05) is 17.8 Å². The molecule has 0 amide bonds. The van der Waals surface area contributed by atoms with E-state index in [0.717, 1.165) is 17.8 Å². The van der Waals surface area contributed by atoms with Crippen molar-refractivity contribution in [3.05, 3.63) is 47.7 Å². The average Bonchev–Trinajstić information content (AvgIpc) is 2.06. The number of rotatable bonds is 3. The molecule has 0 atom stereocenters. The Balaban J connectivity index is 2.75. The summed E-state index contributed by atoms with van der Waals surface area (Å²) in [6, 6.07) is 3.38. The van der Waals surface area contributed by atoms with Crippen LogP contribution in [0.3, 0.4) is 0 Å². The fourth-order valence-corrected chi connectivity index (χ4v) is 0.925. The number of benzene rings is 1. The zero-order chi connectivity index (χ0) is 9.84. The first-order valence-electron chi connectivity index (χ1n) is 3.93.